The van der Waals surface area contributed by atoms with Crippen molar-refractivity contribution in [3.63, 3.8) is 0 Å². The summed E-state index contributed by atoms with van der Waals surface area (Å²) >= 11 is 4.34. The fourth-order valence-electron chi connectivity index (χ4n) is 1.01. The zero-order valence-corrected chi connectivity index (χ0v) is 8.43. The highest BCUT2D eigenvalue weighted by Crippen LogP contribution is 2.26. The minimum absolute atomic E-state index is 0.839. The van der Waals surface area contributed by atoms with Crippen LogP contribution >= 0.6 is 12.6 Å². The van der Waals surface area contributed by atoms with Crippen molar-refractivity contribution in [1.29, 1.82) is 0 Å². The molecule has 0 radical (unpaired) electrons. The molecule has 0 bridgehead atoms. The number of methoxy groups -OCH3 is 1. The molecule has 0 N–H and O–H groups in total. The number of rotatable bonds is 2. The van der Waals surface area contributed by atoms with Gasteiger partial charge in [-0.2, -0.15) is 0 Å². The van der Waals surface area contributed by atoms with Gasteiger partial charge in [0.05, 0.1) is 7.11 Å². The molecule has 0 saturated carbocycles. The van der Waals surface area contributed by atoms with Crippen molar-refractivity contribution in [2.75, 3.05) is 26.1 Å². The fourth-order valence-corrected chi connectivity index (χ4v) is 1.41. The van der Waals surface area contributed by atoms with E-state index in [9.17, 15) is 0 Å². The van der Waals surface area contributed by atoms with E-state index in [0.717, 1.165) is 16.3 Å². The monoisotopic (exact) mass is 183 g/mol. The Morgan fingerprint density at radius 1 is 1.33 bits per heavy atom. The summed E-state index contributed by atoms with van der Waals surface area (Å²) in [5, 5.41) is 0. The summed E-state index contributed by atoms with van der Waals surface area (Å²) < 4.78 is 5.06. The van der Waals surface area contributed by atoms with E-state index < -0.39 is 0 Å². The lowest BCUT2D eigenvalue weighted by atomic mass is 10.3. The van der Waals surface area contributed by atoms with Crippen LogP contribution in [0.4, 0.5) is 5.69 Å². The standard InChI is InChI=1S/C9H13NOS/c1-10(2)8-5-4-7(11-3)6-9(8)12/h4-6,12H,1-3H3. The van der Waals surface area contributed by atoms with Crippen LogP contribution in [0.25, 0.3) is 0 Å². The van der Waals surface area contributed by atoms with E-state index in [4.69, 9.17) is 4.74 Å². The van der Waals surface area contributed by atoms with Gasteiger partial charge >= 0.3 is 0 Å². The molecule has 0 aliphatic carbocycles. The maximum absolute atomic E-state index is 5.06. The van der Waals surface area contributed by atoms with Crippen molar-refractivity contribution in [3.8, 4) is 5.75 Å². The topological polar surface area (TPSA) is 12.5 Å². The van der Waals surface area contributed by atoms with Gasteiger partial charge in [0.15, 0.2) is 0 Å². The van der Waals surface area contributed by atoms with E-state index in [0.29, 0.717) is 0 Å². The van der Waals surface area contributed by atoms with Crippen LogP contribution < -0.4 is 9.64 Å². The van der Waals surface area contributed by atoms with Crippen LogP contribution in [-0.4, -0.2) is 21.2 Å². The second-order valence-corrected chi connectivity index (χ2v) is 3.23. The quantitative estimate of drug-likeness (QED) is 0.704. The zero-order valence-electron chi connectivity index (χ0n) is 7.53. The molecular formula is C9H13NOS. The van der Waals surface area contributed by atoms with Crippen molar-refractivity contribution in [2.24, 2.45) is 0 Å². The van der Waals surface area contributed by atoms with Gasteiger partial charge in [-0.3, -0.25) is 0 Å². The van der Waals surface area contributed by atoms with Gasteiger partial charge in [-0.1, -0.05) is 0 Å². The Morgan fingerprint density at radius 2 is 2.00 bits per heavy atom. The van der Waals surface area contributed by atoms with Gasteiger partial charge in [0.25, 0.3) is 0 Å². The molecular weight excluding hydrogens is 170 g/mol. The van der Waals surface area contributed by atoms with Gasteiger partial charge in [-0.05, 0) is 18.2 Å². The summed E-state index contributed by atoms with van der Waals surface area (Å²) in [7, 11) is 5.63. The first-order valence-corrected chi connectivity index (χ1v) is 4.14. The minimum atomic E-state index is 0.839. The molecule has 0 fully saturated rings. The van der Waals surface area contributed by atoms with Gasteiger partial charge in [0, 0.05) is 24.7 Å². The smallest absolute Gasteiger partial charge is 0.120 e. The van der Waals surface area contributed by atoms with E-state index in [1.807, 2.05) is 37.2 Å². The lowest BCUT2D eigenvalue weighted by Crippen LogP contribution is -2.09. The van der Waals surface area contributed by atoms with Gasteiger partial charge in [-0.25, -0.2) is 0 Å². The molecule has 1 rings (SSSR count). The fraction of sp³-hybridized carbons (Fsp3) is 0.333. The molecule has 0 saturated heterocycles. The highest BCUT2D eigenvalue weighted by Gasteiger charge is 2.01. The third-order valence-corrected chi connectivity index (χ3v) is 2.02. The molecule has 0 heterocycles. The van der Waals surface area contributed by atoms with Crippen LogP contribution in [0.2, 0.25) is 0 Å². The molecule has 2 nitrogen and oxygen atoms in total. The van der Waals surface area contributed by atoms with Crippen LogP contribution in [0.1, 0.15) is 0 Å². The molecule has 66 valence electrons. The molecule has 3 heteroatoms. The Kier molecular flexibility index (Phi) is 2.87. The van der Waals surface area contributed by atoms with Crippen LogP contribution in [0.15, 0.2) is 23.1 Å². The number of nitrogens with zero attached hydrogens (tertiary/aromatic N) is 1. The van der Waals surface area contributed by atoms with Crippen LogP contribution in [-0.2, 0) is 0 Å². The van der Waals surface area contributed by atoms with Crippen molar-refractivity contribution >= 4 is 18.3 Å². The second-order valence-electron chi connectivity index (χ2n) is 2.75. The maximum atomic E-state index is 5.06. The van der Waals surface area contributed by atoms with E-state index in [-0.39, 0.29) is 0 Å². The van der Waals surface area contributed by atoms with E-state index in [1.165, 1.54) is 0 Å². The summed E-state index contributed by atoms with van der Waals surface area (Å²) in [4.78, 5) is 2.95. The van der Waals surface area contributed by atoms with E-state index in [2.05, 4.69) is 12.6 Å². The predicted molar refractivity (Wildman–Crippen MR) is 54.6 cm³/mol. The zero-order chi connectivity index (χ0) is 9.14. The highest BCUT2D eigenvalue weighted by atomic mass is 32.1. The molecule has 0 aliphatic rings. The van der Waals surface area contributed by atoms with E-state index >= 15 is 0 Å². The normalized spacial score (nSPS) is 9.67. The summed E-state index contributed by atoms with van der Waals surface area (Å²) in [6.45, 7) is 0. The average molecular weight is 183 g/mol. The van der Waals surface area contributed by atoms with Crippen molar-refractivity contribution in [2.45, 2.75) is 4.90 Å². The molecule has 0 aromatic heterocycles. The summed E-state index contributed by atoms with van der Waals surface area (Å²) in [6.07, 6.45) is 0. The predicted octanol–water partition coefficient (Wildman–Crippen LogP) is 2.05. The first-order valence-electron chi connectivity index (χ1n) is 3.69. The molecule has 0 atom stereocenters. The number of ether oxygens (including phenoxy) is 1. The van der Waals surface area contributed by atoms with Crippen molar-refractivity contribution in [1.82, 2.24) is 0 Å². The molecule has 0 unspecified atom stereocenters. The molecule has 0 spiro atoms. The maximum Gasteiger partial charge on any atom is 0.120 e. The van der Waals surface area contributed by atoms with E-state index in [1.54, 1.807) is 7.11 Å². The summed E-state index contributed by atoms with van der Waals surface area (Å²) in [5.41, 5.74) is 1.10. The molecule has 1 aromatic rings. The number of thiol groups is 1. The SMILES string of the molecule is COc1ccc(N(C)C)c(S)c1. The number of anilines is 1. The molecule has 12 heavy (non-hydrogen) atoms. The lowest BCUT2D eigenvalue weighted by molar-refractivity contribution is 0.414. The third-order valence-electron chi connectivity index (χ3n) is 1.66. The third kappa shape index (κ3) is 1.85. The van der Waals surface area contributed by atoms with Crippen LogP contribution in [0, 0.1) is 0 Å². The van der Waals surface area contributed by atoms with Gasteiger partial charge < -0.3 is 9.64 Å². The highest BCUT2D eigenvalue weighted by molar-refractivity contribution is 7.80. The first kappa shape index (κ1) is 9.26. The van der Waals surface area contributed by atoms with Crippen molar-refractivity contribution < 1.29 is 4.74 Å². The minimum Gasteiger partial charge on any atom is -0.497 e. The molecule has 0 amide bonds. The Hall–Kier alpha value is -0.830. The number of benzene rings is 1. The van der Waals surface area contributed by atoms with Crippen LogP contribution in [0.3, 0.4) is 0 Å². The number of hydrogen-bond donors (Lipinski definition) is 1. The van der Waals surface area contributed by atoms with Crippen molar-refractivity contribution in [3.05, 3.63) is 18.2 Å². The average Bonchev–Trinajstić information content (AvgIpc) is 2.03. The van der Waals surface area contributed by atoms with Gasteiger partial charge in [-0.15, -0.1) is 12.6 Å². The van der Waals surface area contributed by atoms with Gasteiger partial charge in [0.2, 0.25) is 0 Å². The van der Waals surface area contributed by atoms with Gasteiger partial charge in [0.1, 0.15) is 5.75 Å². The molecule has 0 aliphatic heterocycles. The Balaban J connectivity index is 3.03. The number of hydrogen-bond acceptors (Lipinski definition) is 3. The van der Waals surface area contributed by atoms with Crippen LogP contribution in [0.5, 0.6) is 5.75 Å². The molecule has 1 aromatic carbocycles. The summed E-state index contributed by atoms with van der Waals surface area (Å²) in [6, 6.07) is 5.81. The largest absolute Gasteiger partial charge is 0.497 e. The first-order chi connectivity index (χ1) is 5.65. The Bertz CT molecular complexity index is 273. The summed E-state index contributed by atoms with van der Waals surface area (Å²) in [5.74, 6) is 0.839. The Labute approximate surface area is 78.6 Å². The second kappa shape index (κ2) is 3.72. The Morgan fingerprint density at radius 3 is 2.42 bits per heavy atom. The lowest BCUT2D eigenvalue weighted by Gasteiger charge is -2.15.